The molecule has 1 aliphatic rings. The molecule has 4 aromatic carbocycles. The molecule has 1 aromatic heterocycles. The summed E-state index contributed by atoms with van der Waals surface area (Å²) in [7, 11) is -3.95. The van der Waals surface area contributed by atoms with Crippen LogP contribution in [0.3, 0.4) is 0 Å². The molecule has 6 rings (SSSR count). The third-order valence-corrected chi connectivity index (χ3v) is 9.35. The Hall–Kier alpha value is -4.44. The molecule has 8 nitrogen and oxygen atoms in total. The number of hydrogen-bond donors (Lipinski definition) is 3. The van der Waals surface area contributed by atoms with Crippen LogP contribution >= 0.6 is 23.2 Å². The van der Waals surface area contributed by atoms with Crippen molar-refractivity contribution < 1.29 is 13.5 Å². The fraction of sp³-hybridized carbons (Fsp3) is 0.147. The van der Waals surface area contributed by atoms with Crippen molar-refractivity contribution in [2.45, 2.75) is 26.7 Å². The van der Waals surface area contributed by atoms with E-state index in [4.69, 9.17) is 33.9 Å². The normalized spacial score (nSPS) is 14.1. The predicted octanol–water partition coefficient (Wildman–Crippen LogP) is 7.90. The molecule has 0 saturated carbocycles. The first-order chi connectivity index (χ1) is 21.5. The van der Waals surface area contributed by atoms with Gasteiger partial charge in [-0.3, -0.25) is 0 Å². The molecule has 0 fully saturated rings. The molecule has 0 bridgehead atoms. The summed E-state index contributed by atoms with van der Waals surface area (Å²) in [5.74, 6) is 0.782. The van der Waals surface area contributed by atoms with Gasteiger partial charge in [0.25, 0.3) is 0 Å². The van der Waals surface area contributed by atoms with Gasteiger partial charge in [0.15, 0.2) is 0 Å². The zero-order chi connectivity index (χ0) is 31.9. The van der Waals surface area contributed by atoms with Gasteiger partial charge in [0.1, 0.15) is 5.82 Å². The van der Waals surface area contributed by atoms with Gasteiger partial charge in [0.05, 0.1) is 22.6 Å². The van der Waals surface area contributed by atoms with E-state index in [1.165, 1.54) is 0 Å². The van der Waals surface area contributed by atoms with Crippen LogP contribution in [0.1, 0.15) is 30.8 Å². The Labute approximate surface area is 272 Å². The molecule has 0 spiro atoms. The van der Waals surface area contributed by atoms with E-state index < -0.39 is 16.1 Å². The zero-order valence-electron chi connectivity index (χ0n) is 24.6. The van der Waals surface area contributed by atoms with Crippen molar-refractivity contribution in [3.05, 3.63) is 130 Å². The minimum atomic E-state index is -3.95. The SMILES string of the molecule is CC(C)Cc1ccc(-c2ccc(Cc3nc(-c4ccc(Cl)cc4Cl)cn3-c3cccc(N4C=C(O)NS4(=O)=O)c3)cc2)cc1N. The summed E-state index contributed by atoms with van der Waals surface area (Å²) in [6.45, 7) is 4.36. The number of rotatable bonds is 8. The van der Waals surface area contributed by atoms with Crippen LogP contribution in [0, 0.1) is 5.92 Å². The van der Waals surface area contributed by atoms with Gasteiger partial charge in [-0.15, -0.1) is 0 Å². The summed E-state index contributed by atoms with van der Waals surface area (Å²) in [6, 6.07) is 26.7. The van der Waals surface area contributed by atoms with E-state index in [9.17, 15) is 13.5 Å². The molecule has 4 N–H and O–H groups in total. The maximum atomic E-state index is 12.5. The van der Waals surface area contributed by atoms with Crippen LogP contribution in [-0.4, -0.2) is 23.1 Å². The van der Waals surface area contributed by atoms with E-state index in [2.05, 4.69) is 55.0 Å². The number of nitrogens with zero attached hydrogens (tertiary/aromatic N) is 3. The highest BCUT2D eigenvalue weighted by Gasteiger charge is 2.29. The largest absolute Gasteiger partial charge is 0.493 e. The molecule has 0 unspecified atom stereocenters. The summed E-state index contributed by atoms with van der Waals surface area (Å²) in [6.07, 6.45) is 4.40. The summed E-state index contributed by atoms with van der Waals surface area (Å²) < 4.78 is 30.1. The molecule has 2 heterocycles. The molecule has 5 aromatic rings. The minimum Gasteiger partial charge on any atom is -0.493 e. The Morgan fingerprint density at radius 3 is 2.33 bits per heavy atom. The number of imidazole rings is 1. The molecular weight excluding hydrogens is 629 g/mol. The quantitative estimate of drug-likeness (QED) is 0.147. The van der Waals surface area contributed by atoms with E-state index in [0.717, 1.165) is 44.9 Å². The van der Waals surface area contributed by atoms with Crippen LogP contribution in [0.25, 0.3) is 28.1 Å². The first-order valence-electron chi connectivity index (χ1n) is 14.3. The van der Waals surface area contributed by atoms with Gasteiger partial charge in [-0.05, 0) is 77.1 Å². The van der Waals surface area contributed by atoms with Gasteiger partial charge in [0, 0.05) is 34.6 Å². The predicted molar refractivity (Wildman–Crippen MR) is 182 cm³/mol. The molecule has 0 saturated heterocycles. The average Bonchev–Trinajstić information content (AvgIpc) is 3.53. The van der Waals surface area contributed by atoms with Gasteiger partial charge < -0.3 is 15.4 Å². The second kappa shape index (κ2) is 12.2. The van der Waals surface area contributed by atoms with Crippen molar-refractivity contribution in [2.75, 3.05) is 10.0 Å². The number of nitrogen functional groups attached to an aromatic ring is 1. The number of aliphatic hydroxyl groups is 1. The van der Waals surface area contributed by atoms with Gasteiger partial charge >= 0.3 is 10.2 Å². The Kier molecular flexibility index (Phi) is 8.26. The highest BCUT2D eigenvalue weighted by Crippen LogP contribution is 2.33. The molecule has 0 aliphatic carbocycles. The lowest BCUT2D eigenvalue weighted by atomic mass is 9.96. The van der Waals surface area contributed by atoms with Gasteiger partial charge in [0.2, 0.25) is 5.88 Å². The van der Waals surface area contributed by atoms with E-state index in [1.54, 1.807) is 30.3 Å². The van der Waals surface area contributed by atoms with Crippen LogP contribution < -0.4 is 14.8 Å². The third-order valence-electron chi connectivity index (χ3n) is 7.50. The van der Waals surface area contributed by atoms with Crippen molar-refractivity contribution in [1.82, 2.24) is 14.3 Å². The van der Waals surface area contributed by atoms with Gasteiger partial charge in [-0.25, -0.2) is 14.0 Å². The smallest absolute Gasteiger partial charge is 0.330 e. The molecule has 1 aliphatic heterocycles. The standard InChI is InChI=1S/C34H31Cl2N5O3S/c1-21(2)14-25-11-10-24(16-31(25)37)23-8-6-22(7-9-23)15-33-38-32(29-13-12-26(35)17-30(29)36)19-40(33)27-4-3-5-28(18-27)41-20-34(42)39-45(41,43)44/h3-13,16-21,39,42H,14-15,37H2,1-2H3. The van der Waals surface area contributed by atoms with E-state index in [0.29, 0.717) is 50.8 Å². The van der Waals surface area contributed by atoms with Crippen molar-refractivity contribution in [3.8, 4) is 28.1 Å². The fourth-order valence-corrected chi connectivity index (χ4v) is 6.92. The molecular formula is C34H31Cl2N5O3S. The number of anilines is 2. The summed E-state index contributed by atoms with van der Waals surface area (Å²) >= 11 is 12.7. The number of hydrogen-bond acceptors (Lipinski definition) is 5. The van der Waals surface area contributed by atoms with Gasteiger partial charge in [-0.1, -0.05) is 79.5 Å². The zero-order valence-corrected chi connectivity index (χ0v) is 26.9. The van der Waals surface area contributed by atoms with Gasteiger partial charge in [-0.2, -0.15) is 8.42 Å². The number of aromatic nitrogens is 2. The number of nitrogens with two attached hydrogens (primary N) is 1. The molecule has 0 atom stereocenters. The van der Waals surface area contributed by atoms with E-state index >= 15 is 0 Å². The third kappa shape index (κ3) is 6.51. The van der Waals surface area contributed by atoms with Crippen molar-refractivity contribution in [3.63, 3.8) is 0 Å². The van der Waals surface area contributed by atoms with Crippen molar-refractivity contribution in [1.29, 1.82) is 0 Å². The van der Waals surface area contributed by atoms with Crippen molar-refractivity contribution in [2.24, 2.45) is 5.92 Å². The Morgan fingerprint density at radius 2 is 1.67 bits per heavy atom. The summed E-state index contributed by atoms with van der Waals surface area (Å²) in [5.41, 5.74) is 13.8. The van der Waals surface area contributed by atoms with Crippen LogP contribution in [0.15, 0.2) is 103 Å². The fourth-order valence-electron chi connectivity index (χ4n) is 5.37. The maximum Gasteiger partial charge on any atom is 0.330 e. The van der Waals surface area contributed by atoms with E-state index in [1.807, 2.05) is 29.0 Å². The minimum absolute atomic E-state index is 0.345. The summed E-state index contributed by atoms with van der Waals surface area (Å²) in [4.78, 5) is 4.96. The van der Waals surface area contributed by atoms with Crippen molar-refractivity contribution >= 4 is 44.8 Å². The molecule has 45 heavy (non-hydrogen) atoms. The molecule has 0 amide bonds. The maximum absolute atomic E-state index is 12.5. The first kappa shape index (κ1) is 30.6. The van der Waals surface area contributed by atoms with Crippen LogP contribution in [0.5, 0.6) is 0 Å². The molecule has 11 heteroatoms. The van der Waals surface area contributed by atoms with Crippen LogP contribution in [-0.2, 0) is 23.1 Å². The number of halogens is 2. The Morgan fingerprint density at radius 1 is 0.933 bits per heavy atom. The first-order valence-corrected chi connectivity index (χ1v) is 16.5. The molecule has 0 radical (unpaired) electrons. The second-order valence-corrected chi connectivity index (χ2v) is 13.8. The Balaban J connectivity index is 1.36. The number of benzene rings is 4. The highest BCUT2D eigenvalue weighted by molar-refractivity contribution is 7.91. The Bertz CT molecular complexity index is 2040. The number of aliphatic hydroxyl groups excluding tert-OH is 1. The second-order valence-electron chi connectivity index (χ2n) is 11.4. The number of nitrogens with one attached hydrogen (secondary N) is 1. The summed E-state index contributed by atoms with van der Waals surface area (Å²) in [5, 5.41) is 10.8. The lowest BCUT2D eigenvalue weighted by Gasteiger charge is -2.16. The highest BCUT2D eigenvalue weighted by atomic mass is 35.5. The molecule has 230 valence electrons. The monoisotopic (exact) mass is 659 g/mol. The van der Waals surface area contributed by atoms with Crippen LogP contribution in [0.2, 0.25) is 10.0 Å². The average molecular weight is 661 g/mol. The van der Waals surface area contributed by atoms with E-state index in [-0.39, 0.29) is 0 Å². The lowest BCUT2D eigenvalue weighted by molar-refractivity contribution is 0.392. The topological polar surface area (TPSA) is 113 Å². The lowest BCUT2D eigenvalue weighted by Crippen LogP contribution is -2.29. The van der Waals surface area contributed by atoms with Crippen LogP contribution in [0.4, 0.5) is 11.4 Å².